The zero-order valence-electron chi connectivity index (χ0n) is 14.6. The van der Waals surface area contributed by atoms with Crippen molar-refractivity contribution in [3.8, 4) is 5.88 Å². The Morgan fingerprint density at radius 2 is 2.04 bits per heavy atom. The fourth-order valence-electron chi connectivity index (χ4n) is 2.63. The lowest BCUT2D eigenvalue weighted by molar-refractivity contribution is -0.135. The van der Waals surface area contributed by atoms with Crippen LogP contribution in [0.4, 0.5) is 5.82 Å². The highest BCUT2D eigenvalue weighted by atomic mass is 32.1. The monoisotopic (exact) mass is 386 g/mol. The fourth-order valence-corrected chi connectivity index (χ4v) is 3.15. The predicted octanol–water partition coefficient (Wildman–Crippen LogP) is 0.169. The van der Waals surface area contributed by atoms with Gasteiger partial charge in [-0.2, -0.15) is 4.37 Å². The van der Waals surface area contributed by atoms with Gasteiger partial charge >= 0.3 is 11.9 Å². The molecule has 26 heavy (non-hydrogen) atoms. The number of carboxylic acids is 2. The number of aliphatic carboxylic acids is 2. The lowest BCUT2D eigenvalue weighted by Gasteiger charge is -2.27. The van der Waals surface area contributed by atoms with Crippen LogP contribution < -0.4 is 9.64 Å². The third-order valence-electron chi connectivity index (χ3n) is 3.89. The molecule has 2 rings (SSSR count). The van der Waals surface area contributed by atoms with E-state index in [-0.39, 0.29) is 12.2 Å². The average molecular weight is 386 g/mol. The number of hydrogen-bond acceptors (Lipinski definition) is 9. The van der Waals surface area contributed by atoms with E-state index >= 15 is 0 Å². The van der Waals surface area contributed by atoms with E-state index in [0.717, 1.165) is 17.8 Å². The minimum atomic E-state index is -1.30. The van der Waals surface area contributed by atoms with Crippen molar-refractivity contribution < 1.29 is 29.3 Å². The Bertz CT molecular complexity index is 656. The van der Waals surface area contributed by atoms with Crippen molar-refractivity contribution in [1.82, 2.24) is 13.6 Å². The highest BCUT2D eigenvalue weighted by Gasteiger charge is 2.25. The van der Waals surface area contributed by atoms with Gasteiger partial charge in [0.25, 0.3) is 5.88 Å². The average Bonchev–Trinajstić information content (AvgIpc) is 3.05. The van der Waals surface area contributed by atoms with Crippen molar-refractivity contribution in [1.29, 1.82) is 0 Å². The van der Waals surface area contributed by atoms with Gasteiger partial charge in [-0.1, -0.05) is 0 Å². The van der Waals surface area contributed by atoms with Crippen LogP contribution in [0.25, 0.3) is 0 Å². The molecule has 0 saturated carbocycles. The van der Waals surface area contributed by atoms with Gasteiger partial charge in [0, 0.05) is 31.6 Å². The van der Waals surface area contributed by atoms with E-state index in [2.05, 4.69) is 8.75 Å². The summed E-state index contributed by atoms with van der Waals surface area (Å²) in [6.07, 6.45) is 1.01. The molecule has 1 aliphatic rings. The van der Waals surface area contributed by atoms with Gasteiger partial charge in [0.15, 0.2) is 0 Å². The number of anilines is 1. The van der Waals surface area contributed by atoms with Gasteiger partial charge in [-0.05, 0) is 14.1 Å². The molecule has 0 bridgehead atoms. The molecular formula is C15H22N4O6S. The molecule has 0 aliphatic carbocycles. The molecular weight excluding hydrogens is 364 g/mol. The molecule has 144 valence electrons. The quantitative estimate of drug-likeness (QED) is 0.567. The first-order valence-electron chi connectivity index (χ1n) is 8.02. The molecule has 11 heteroatoms. The van der Waals surface area contributed by atoms with Gasteiger partial charge in [0.1, 0.15) is 0 Å². The van der Waals surface area contributed by atoms with E-state index in [0.29, 0.717) is 44.4 Å². The van der Waals surface area contributed by atoms with Crippen LogP contribution in [0.5, 0.6) is 5.88 Å². The van der Waals surface area contributed by atoms with Crippen LogP contribution in [0, 0.1) is 0 Å². The number of rotatable bonds is 9. The molecule has 1 saturated heterocycles. The number of carbonyl (C=O) groups is 2. The maximum atomic E-state index is 11.4. The summed E-state index contributed by atoms with van der Waals surface area (Å²) in [5.41, 5.74) is -0.198. The number of carboxylic acid groups (broad SMARTS) is 2. The van der Waals surface area contributed by atoms with Crippen LogP contribution in [0.2, 0.25) is 0 Å². The summed E-state index contributed by atoms with van der Waals surface area (Å²) in [6, 6.07) is -0.609. The lowest BCUT2D eigenvalue weighted by atomic mass is 10.0. The van der Waals surface area contributed by atoms with Gasteiger partial charge in [-0.25, -0.2) is 9.59 Å². The van der Waals surface area contributed by atoms with Crippen LogP contribution >= 0.6 is 11.7 Å². The highest BCUT2D eigenvalue weighted by Crippen LogP contribution is 2.26. The molecule has 0 amide bonds. The van der Waals surface area contributed by atoms with Crippen molar-refractivity contribution in [2.24, 2.45) is 0 Å². The summed E-state index contributed by atoms with van der Waals surface area (Å²) in [5.74, 6) is -1.52. The van der Waals surface area contributed by atoms with E-state index in [4.69, 9.17) is 14.6 Å². The lowest BCUT2D eigenvalue weighted by Crippen LogP contribution is -2.37. The van der Waals surface area contributed by atoms with E-state index < -0.39 is 18.0 Å². The van der Waals surface area contributed by atoms with Gasteiger partial charge in [-0.15, -0.1) is 4.37 Å². The number of aromatic nitrogens is 2. The molecule has 1 fully saturated rings. The molecule has 2 heterocycles. The molecule has 1 aliphatic heterocycles. The summed E-state index contributed by atoms with van der Waals surface area (Å²) >= 11 is 1.04. The zero-order valence-corrected chi connectivity index (χ0v) is 15.4. The molecule has 0 aromatic carbocycles. The zero-order chi connectivity index (χ0) is 19.1. The summed E-state index contributed by atoms with van der Waals surface area (Å²) in [6.45, 7) is 2.80. The molecule has 1 atom stereocenters. The molecule has 2 N–H and O–H groups in total. The maximum absolute atomic E-state index is 11.4. The normalized spacial score (nSPS) is 16.6. The molecule has 0 spiro atoms. The Labute approximate surface area is 155 Å². The van der Waals surface area contributed by atoms with Gasteiger partial charge in [-0.3, -0.25) is 0 Å². The topological polar surface area (TPSA) is 125 Å². The van der Waals surface area contributed by atoms with Crippen LogP contribution in [0.1, 0.15) is 6.42 Å². The Kier molecular flexibility index (Phi) is 7.30. The highest BCUT2D eigenvalue weighted by molar-refractivity contribution is 6.99. The van der Waals surface area contributed by atoms with Crippen LogP contribution in [0.3, 0.4) is 0 Å². The number of nitrogens with zero attached hydrogens (tertiary/aromatic N) is 4. The van der Waals surface area contributed by atoms with E-state index in [1.807, 2.05) is 4.90 Å². The van der Waals surface area contributed by atoms with Crippen molar-refractivity contribution in [3.05, 3.63) is 11.6 Å². The first-order valence-corrected chi connectivity index (χ1v) is 8.75. The second kappa shape index (κ2) is 9.46. The van der Waals surface area contributed by atoms with Crippen LogP contribution in [-0.2, 0) is 14.3 Å². The van der Waals surface area contributed by atoms with Gasteiger partial charge < -0.3 is 29.5 Å². The number of hydrogen-bond donors (Lipinski definition) is 2. The van der Waals surface area contributed by atoms with Gasteiger partial charge in [0.05, 0.1) is 37.1 Å². The van der Waals surface area contributed by atoms with Crippen molar-refractivity contribution in [2.75, 3.05) is 51.9 Å². The number of likely N-dealkylation sites (N-methyl/N-ethyl adjacent to an activating group) is 1. The third kappa shape index (κ3) is 5.38. The minimum Gasteiger partial charge on any atom is -0.478 e. The standard InChI is InChI=1S/C15H22N4O6S/c1-18(2)11(10(15(22)23)9-12(20)21)3-6-25-14-13(16-26-17-14)19-4-7-24-8-5-19/h9,11H,3-8H2,1-2H3,(H,20,21)(H,22,23)/b10-9-. The van der Waals surface area contributed by atoms with E-state index in [1.54, 1.807) is 19.0 Å². The molecule has 1 aromatic heterocycles. The molecule has 10 nitrogen and oxygen atoms in total. The van der Waals surface area contributed by atoms with Crippen LogP contribution in [-0.4, -0.2) is 88.8 Å². The minimum absolute atomic E-state index is 0.176. The molecule has 1 unspecified atom stereocenters. The molecule has 1 aromatic rings. The Morgan fingerprint density at radius 1 is 1.35 bits per heavy atom. The Hall–Kier alpha value is -2.24. The smallest absolute Gasteiger partial charge is 0.333 e. The van der Waals surface area contributed by atoms with Crippen LogP contribution in [0.15, 0.2) is 11.6 Å². The first kappa shape index (κ1) is 20.1. The number of ether oxygens (including phenoxy) is 2. The summed E-state index contributed by atoms with van der Waals surface area (Å²) in [4.78, 5) is 26.0. The maximum Gasteiger partial charge on any atom is 0.333 e. The summed E-state index contributed by atoms with van der Waals surface area (Å²) in [7, 11) is 3.37. The SMILES string of the molecule is CN(C)C(CCOc1nsnc1N1CCOCC1)/C(=C/C(=O)O)C(=O)O. The Morgan fingerprint density at radius 3 is 2.62 bits per heavy atom. The van der Waals surface area contributed by atoms with Crippen molar-refractivity contribution in [2.45, 2.75) is 12.5 Å². The summed E-state index contributed by atoms with van der Waals surface area (Å²) < 4.78 is 19.4. The second-order valence-corrected chi connectivity index (χ2v) is 6.38. The first-order chi connectivity index (χ1) is 12.4. The van der Waals surface area contributed by atoms with E-state index in [1.165, 1.54) is 0 Å². The summed E-state index contributed by atoms with van der Waals surface area (Å²) in [5, 5.41) is 18.2. The largest absolute Gasteiger partial charge is 0.478 e. The van der Waals surface area contributed by atoms with E-state index in [9.17, 15) is 14.7 Å². The number of morpholine rings is 1. The molecule has 0 radical (unpaired) electrons. The predicted molar refractivity (Wildman–Crippen MR) is 93.9 cm³/mol. The van der Waals surface area contributed by atoms with Gasteiger partial charge in [0.2, 0.25) is 5.82 Å². The fraction of sp³-hybridized carbons (Fsp3) is 0.600. The van der Waals surface area contributed by atoms with Crippen molar-refractivity contribution >= 4 is 29.5 Å². The third-order valence-corrected chi connectivity index (χ3v) is 4.39. The Balaban J connectivity index is 2.01. The van der Waals surface area contributed by atoms with Crippen molar-refractivity contribution in [3.63, 3.8) is 0 Å². The second-order valence-electron chi connectivity index (χ2n) is 5.85.